The largest absolute Gasteiger partial charge is 0.388 e. The van der Waals surface area contributed by atoms with Gasteiger partial charge in [-0.15, -0.1) is 11.3 Å². The predicted molar refractivity (Wildman–Crippen MR) is 87.0 cm³/mol. The topological polar surface area (TPSA) is 56.7 Å². The summed E-state index contributed by atoms with van der Waals surface area (Å²) in [4.78, 5) is 20.1. The molecule has 5 nitrogen and oxygen atoms in total. The summed E-state index contributed by atoms with van der Waals surface area (Å²) in [5, 5.41) is 14.1. The summed E-state index contributed by atoms with van der Waals surface area (Å²) in [6.07, 6.45) is 5.61. The van der Waals surface area contributed by atoms with Crippen LogP contribution in [0.25, 0.3) is 0 Å². The van der Waals surface area contributed by atoms with Gasteiger partial charge in [0.05, 0.1) is 10.6 Å². The van der Waals surface area contributed by atoms with Crippen LogP contribution in [0.4, 0.5) is 0 Å². The number of aliphatic hydroxyl groups is 1. The smallest absolute Gasteiger partial charge is 0.219 e. The van der Waals surface area contributed by atoms with Gasteiger partial charge in [0.2, 0.25) is 5.91 Å². The number of aromatic nitrogens is 1. The Labute approximate surface area is 135 Å². The monoisotopic (exact) mass is 323 g/mol. The van der Waals surface area contributed by atoms with Crippen LogP contribution in [0.5, 0.6) is 0 Å². The first-order valence-electron chi connectivity index (χ1n) is 8.15. The Kier molecular flexibility index (Phi) is 4.80. The second-order valence-electron chi connectivity index (χ2n) is 6.68. The van der Waals surface area contributed by atoms with E-state index in [4.69, 9.17) is 0 Å². The second kappa shape index (κ2) is 6.64. The van der Waals surface area contributed by atoms with Gasteiger partial charge in [0.1, 0.15) is 0 Å². The number of hydrogen-bond donors (Lipinski definition) is 1. The highest BCUT2D eigenvalue weighted by Gasteiger charge is 2.36. The molecule has 0 radical (unpaired) electrons. The molecule has 2 saturated heterocycles. The van der Waals surface area contributed by atoms with Crippen molar-refractivity contribution in [3.63, 3.8) is 0 Å². The number of rotatable bonds is 3. The van der Waals surface area contributed by atoms with Crippen LogP contribution in [0.15, 0.2) is 11.6 Å². The quantitative estimate of drug-likeness (QED) is 0.920. The lowest BCUT2D eigenvalue weighted by atomic mass is 9.89. The van der Waals surface area contributed by atoms with Crippen molar-refractivity contribution in [2.75, 3.05) is 32.7 Å². The molecule has 2 fully saturated rings. The van der Waals surface area contributed by atoms with E-state index in [0.717, 1.165) is 19.6 Å². The van der Waals surface area contributed by atoms with Crippen molar-refractivity contribution in [1.82, 2.24) is 14.8 Å². The van der Waals surface area contributed by atoms with E-state index < -0.39 is 5.60 Å². The minimum Gasteiger partial charge on any atom is -0.388 e. The molecule has 1 aromatic heterocycles. The maximum atomic E-state index is 11.4. The van der Waals surface area contributed by atoms with Crippen molar-refractivity contribution in [3.05, 3.63) is 16.6 Å². The fraction of sp³-hybridized carbons (Fsp3) is 0.750. The van der Waals surface area contributed by atoms with Crippen LogP contribution in [0.3, 0.4) is 0 Å². The minimum absolute atomic E-state index is 0.115. The number of piperidine rings is 2. The summed E-state index contributed by atoms with van der Waals surface area (Å²) in [6, 6.07) is 0. The van der Waals surface area contributed by atoms with E-state index in [1.165, 1.54) is 17.8 Å². The Balaban J connectivity index is 1.55. The number of hydrogen-bond acceptors (Lipinski definition) is 5. The van der Waals surface area contributed by atoms with Crippen molar-refractivity contribution < 1.29 is 9.90 Å². The highest BCUT2D eigenvalue weighted by atomic mass is 32.1. The molecule has 6 heteroatoms. The van der Waals surface area contributed by atoms with Crippen LogP contribution in [-0.2, 0) is 4.79 Å². The first-order valence-corrected chi connectivity index (χ1v) is 9.03. The molecule has 122 valence electrons. The molecule has 1 atom stereocenters. The summed E-state index contributed by atoms with van der Waals surface area (Å²) in [5.74, 6) is 0.624. The summed E-state index contributed by atoms with van der Waals surface area (Å²) < 4.78 is 0. The molecule has 0 aromatic carbocycles. The summed E-state index contributed by atoms with van der Waals surface area (Å²) in [5.41, 5.74) is -0.642. The molecule has 1 amide bonds. The first kappa shape index (κ1) is 15.9. The Bertz CT molecular complexity index is 497. The third kappa shape index (κ3) is 3.67. The number of likely N-dealkylation sites (tertiary alicyclic amines) is 2. The van der Waals surface area contributed by atoms with Crippen molar-refractivity contribution in [2.45, 2.75) is 44.1 Å². The van der Waals surface area contributed by atoms with Gasteiger partial charge in [0, 0.05) is 50.6 Å². The van der Waals surface area contributed by atoms with Crippen molar-refractivity contribution in [3.8, 4) is 0 Å². The summed E-state index contributed by atoms with van der Waals surface area (Å²) in [7, 11) is 0. The van der Waals surface area contributed by atoms with Crippen LogP contribution < -0.4 is 0 Å². The van der Waals surface area contributed by atoms with Crippen molar-refractivity contribution >= 4 is 17.2 Å². The van der Waals surface area contributed by atoms with Crippen molar-refractivity contribution in [1.29, 1.82) is 0 Å². The second-order valence-corrected chi connectivity index (χ2v) is 7.60. The van der Waals surface area contributed by atoms with Gasteiger partial charge in [-0.3, -0.25) is 9.69 Å². The lowest BCUT2D eigenvalue weighted by Gasteiger charge is -2.42. The molecule has 0 saturated carbocycles. The molecule has 0 bridgehead atoms. The third-order valence-corrected chi connectivity index (χ3v) is 5.90. The molecule has 3 rings (SSSR count). The average Bonchev–Trinajstić information content (AvgIpc) is 3.02. The highest BCUT2D eigenvalue weighted by molar-refractivity contribution is 7.09. The van der Waals surface area contributed by atoms with E-state index in [1.807, 2.05) is 16.5 Å². The molecule has 2 aliphatic rings. The van der Waals surface area contributed by atoms with Crippen LogP contribution in [0.2, 0.25) is 0 Å². The zero-order chi connectivity index (χ0) is 15.6. The standard InChI is InChI=1S/C16H25N3O2S/c1-13(20)19-8-4-16(21,5-9-19)12-18-7-2-3-14(11-18)15-17-6-10-22-15/h6,10,14,21H,2-5,7-9,11-12H2,1H3/t14-/m1/s1. The van der Waals surface area contributed by atoms with Gasteiger partial charge >= 0.3 is 0 Å². The van der Waals surface area contributed by atoms with Crippen molar-refractivity contribution in [2.24, 2.45) is 0 Å². The van der Waals surface area contributed by atoms with Crippen LogP contribution in [0.1, 0.15) is 43.5 Å². The van der Waals surface area contributed by atoms with E-state index in [-0.39, 0.29) is 5.91 Å². The highest BCUT2D eigenvalue weighted by Crippen LogP contribution is 2.31. The fourth-order valence-electron chi connectivity index (χ4n) is 3.65. The number of carbonyl (C=O) groups is 1. The summed E-state index contributed by atoms with van der Waals surface area (Å²) >= 11 is 1.74. The van der Waals surface area contributed by atoms with E-state index in [2.05, 4.69) is 9.88 Å². The lowest BCUT2D eigenvalue weighted by Crippen LogP contribution is -2.53. The Morgan fingerprint density at radius 1 is 1.45 bits per heavy atom. The van der Waals surface area contributed by atoms with Crippen LogP contribution in [-0.4, -0.2) is 64.1 Å². The average molecular weight is 323 g/mol. The number of thiazole rings is 1. The molecular formula is C16H25N3O2S. The van der Waals surface area contributed by atoms with Gasteiger partial charge in [0.15, 0.2) is 0 Å². The first-order chi connectivity index (χ1) is 10.6. The number of amides is 1. The molecular weight excluding hydrogens is 298 g/mol. The Morgan fingerprint density at radius 3 is 2.86 bits per heavy atom. The molecule has 0 unspecified atom stereocenters. The SMILES string of the molecule is CC(=O)N1CCC(O)(CN2CCC[C@@H](c3nccs3)C2)CC1. The fourth-order valence-corrected chi connectivity index (χ4v) is 4.42. The molecule has 1 aromatic rings. The molecule has 2 aliphatic heterocycles. The maximum Gasteiger partial charge on any atom is 0.219 e. The van der Waals surface area contributed by atoms with Gasteiger partial charge < -0.3 is 10.0 Å². The van der Waals surface area contributed by atoms with E-state index in [9.17, 15) is 9.90 Å². The van der Waals surface area contributed by atoms with E-state index >= 15 is 0 Å². The Hall–Kier alpha value is -0.980. The van der Waals surface area contributed by atoms with Crippen LogP contribution >= 0.6 is 11.3 Å². The summed E-state index contributed by atoms with van der Waals surface area (Å²) in [6.45, 7) is 5.73. The van der Waals surface area contributed by atoms with Gasteiger partial charge in [-0.1, -0.05) is 0 Å². The Morgan fingerprint density at radius 2 is 2.23 bits per heavy atom. The zero-order valence-corrected chi connectivity index (χ0v) is 14.0. The number of nitrogens with zero attached hydrogens (tertiary/aromatic N) is 3. The van der Waals surface area contributed by atoms with Gasteiger partial charge in [-0.25, -0.2) is 4.98 Å². The number of carbonyl (C=O) groups excluding carboxylic acids is 1. The lowest BCUT2D eigenvalue weighted by molar-refractivity contribution is -0.133. The molecule has 0 aliphatic carbocycles. The molecule has 22 heavy (non-hydrogen) atoms. The predicted octanol–water partition coefficient (Wildman–Crippen LogP) is 1.70. The molecule has 0 spiro atoms. The molecule has 3 heterocycles. The van der Waals surface area contributed by atoms with Crippen LogP contribution in [0, 0.1) is 0 Å². The van der Waals surface area contributed by atoms with Gasteiger partial charge in [0.25, 0.3) is 0 Å². The van der Waals surface area contributed by atoms with E-state index in [0.29, 0.717) is 31.8 Å². The van der Waals surface area contributed by atoms with Gasteiger partial charge in [-0.2, -0.15) is 0 Å². The number of β-amino-alcohol motifs (C(OH)–C–C–N with tert-alkyl or cyclic N) is 1. The molecule has 1 N–H and O–H groups in total. The van der Waals surface area contributed by atoms with E-state index in [1.54, 1.807) is 18.3 Å². The minimum atomic E-state index is -0.642. The third-order valence-electron chi connectivity index (χ3n) is 4.96. The van der Waals surface area contributed by atoms with Gasteiger partial charge in [-0.05, 0) is 32.2 Å². The zero-order valence-electron chi connectivity index (χ0n) is 13.2. The maximum absolute atomic E-state index is 11.4. The normalized spacial score (nSPS) is 26.1.